The van der Waals surface area contributed by atoms with Gasteiger partial charge < -0.3 is 4.74 Å². The van der Waals surface area contributed by atoms with Crippen LogP contribution < -0.4 is 4.74 Å². The van der Waals surface area contributed by atoms with Crippen molar-refractivity contribution < 1.29 is 17.9 Å². The van der Waals surface area contributed by atoms with Crippen LogP contribution in [0.25, 0.3) is 11.1 Å². The minimum atomic E-state index is -4.66. The predicted molar refractivity (Wildman–Crippen MR) is 74.7 cm³/mol. The van der Waals surface area contributed by atoms with E-state index in [9.17, 15) is 13.2 Å². The number of rotatable bonds is 2. The zero-order valence-corrected chi connectivity index (χ0v) is 11.0. The highest BCUT2D eigenvalue weighted by molar-refractivity contribution is 5.85. The molecule has 1 heterocycles. The average Bonchev–Trinajstić information content (AvgIpc) is 2.46. The van der Waals surface area contributed by atoms with E-state index in [4.69, 9.17) is 0 Å². The summed E-state index contributed by atoms with van der Waals surface area (Å²) in [5, 5.41) is 0. The third kappa shape index (κ3) is 3.24. The molecular weight excluding hydrogens is 279 g/mol. The van der Waals surface area contributed by atoms with Crippen molar-refractivity contribution in [3.63, 3.8) is 0 Å². The second-order valence-corrected chi connectivity index (χ2v) is 4.77. The van der Waals surface area contributed by atoms with Crippen molar-refractivity contribution in [1.82, 2.24) is 0 Å². The number of ether oxygens (including phenoxy) is 1. The third-order valence-electron chi connectivity index (χ3n) is 3.31. The van der Waals surface area contributed by atoms with Gasteiger partial charge in [-0.25, -0.2) is 0 Å². The first kappa shape index (κ1) is 13.7. The molecule has 2 aromatic carbocycles. The van der Waals surface area contributed by atoms with Gasteiger partial charge in [0.15, 0.2) is 0 Å². The summed E-state index contributed by atoms with van der Waals surface area (Å²) in [6.45, 7) is 0.801. The first-order chi connectivity index (χ1) is 10.0. The second-order valence-electron chi connectivity index (χ2n) is 4.77. The van der Waals surface area contributed by atoms with E-state index in [1.807, 2.05) is 24.4 Å². The van der Waals surface area contributed by atoms with E-state index in [-0.39, 0.29) is 5.75 Å². The van der Waals surface area contributed by atoms with Crippen molar-refractivity contribution in [2.45, 2.75) is 12.8 Å². The maximum atomic E-state index is 12.1. The van der Waals surface area contributed by atoms with Gasteiger partial charge in [0.25, 0.3) is 0 Å². The third-order valence-corrected chi connectivity index (χ3v) is 3.31. The molecule has 0 spiro atoms. The quantitative estimate of drug-likeness (QED) is 0.811. The Balaban J connectivity index is 1.86. The van der Waals surface area contributed by atoms with Crippen LogP contribution >= 0.6 is 0 Å². The van der Waals surface area contributed by atoms with Gasteiger partial charge in [-0.15, -0.1) is 13.2 Å². The number of benzene rings is 2. The molecule has 3 rings (SSSR count). The van der Waals surface area contributed by atoms with Crippen LogP contribution in [-0.4, -0.2) is 19.1 Å². The molecule has 0 aliphatic carbocycles. The minimum absolute atomic E-state index is 0.217. The van der Waals surface area contributed by atoms with Crippen LogP contribution in [0.2, 0.25) is 0 Å². The number of fused-ring (bicyclic) bond motifs is 1. The summed E-state index contributed by atoms with van der Waals surface area (Å²) in [6.07, 6.45) is -1.91. The molecule has 0 atom stereocenters. The smallest absolute Gasteiger partial charge is 0.406 e. The summed E-state index contributed by atoms with van der Waals surface area (Å²) in [6, 6.07) is 11.9. The van der Waals surface area contributed by atoms with E-state index in [0.29, 0.717) is 0 Å². The van der Waals surface area contributed by atoms with Crippen LogP contribution in [0, 0.1) is 0 Å². The Bertz CT molecular complexity index is 675. The Morgan fingerprint density at radius 1 is 0.952 bits per heavy atom. The van der Waals surface area contributed by atoms with Crippen LogP contribution in [0.3, 0.4) is 0 Å². The Kier molecular flexibility index (Phi) is 3.41. The highest BCUT2D eigenvalue weighted by atomic mass is 19.4. The lowest BCUT2D eigenvalue weighted by molar-refractivity contribution is -0.274. The SMILES string of the molecule is FC(F)(F)Oc1ccc(-c2ccc3c(c2)C=NCC3)cc1. The van der Waals surface area contributed by atoms with Gasteiger partial charge >= 0.3 is 6.36 Å². The molecule has 1 aliphatic rings. The normalized spacial score (nSPS) is 13.9. The zero-order valence-electron chi connectivity index (χ0n) is 11.0. The summed E-state index contributed by atoms with van der Waals surface area (Å²) in [5.41, 5.74) is 4.09. The molecular formula is C16H12F3NO. The molecule has 0 saturated carbocycles. The average molecular weight is 291 g/mol. The minimum Gasteiger partial charge on any atom is -0.406 e. The van der Waals surface area contributed by atoms with Crippen molar-refractivity contribution in [3.05, 3.63) is 53.6 Å². The Labute approximate surface area is 119 Å². The summed E-state index contributed by atoms with van der Waals surface area (Å²) < 4.78 is 40.2. The standard InChI is InChI=1S/C16H12F3NO/c17-16(18,19)21-15-5-3-11(4-6-15)13-2-1-12-7-8-20-10-14(12)9-13/h1-6,9-10H,7-8H2. The van der Waals surface area contributed by atoms with E-state index >= 15 is 0 Å². The van der Waals surface area contributed by atoms with E-state index in [2.05, 4.69) is 9.73 Å². The second kappa shape index (κ2) is 5.24. The Hall–Kier alpha value is -2.30. The molecule has 2 aromatic rings. The van der Waals surface area contributed by atoms with Crippen LogP contribution in [0.15, 0.2) is 47.5 Å². The predicted octanol–water partition coefficient (Wildman–Crippen LogP) is 4.23. The largest absolute Gasteiger partial charge is 0.573 e. The van der Waals surface area contributed by atoms with Gasteiger partial charge in [0.2, 0.25) is 0 Å². The topological polar surface area (TPSA) is 21.6 Å². The number of nitrogens with zero attached hydrogens (tertiary/aromatic N) is 1. The first-order valence-electron chi connectivity index (χ1n) is 6.50. The molecule has 0 N–H and O–H groups in total. The maximum Gasteiger partial charge on any atom is 0.573 e. The number of aliphatic imine (C=N–C) groups is 1. The van der Waals surface area contributed by atoms with E-state index in [0.717, 1.165) is 29.7 Å². The van der Waals surface area contributed by atoms with E-state index < -0.39 is 6.36 Å². The highest BCUT2D eigenvalue weighted by Crippen LogP contribution is 2.28. The molecule has 2 nitrogen and oxygen atoms in total. The molecule has 0 amide bonds. The van der Waals surface area contributed by atoms with Gasteiger partial charge in [0.1, 0.15) is 5.75 Å². The van der Waals surface area contributed by atoms with Crippen LogP contribution in [0.4, 0.5) is 13.2 Å². The fourth-order valence-corrected chi connectivity index (χ4v) is 2.32. The lowest BCUT2D eigenvalue weighted by Gasteiger charge is -2.12. The van der Waals surface area contributed by atoms with Crippen molar-refractivity contribution in [1.29, 1.82) is 0 Å². The van der Waals surface area contributed by atoms with Gasteiger partial charge in [-0.1, -0.05) is 24.3 Å². The Morgan fingerprint density at radius 3 is 2.38 bits per heavy atom. The summed E-state index contributed by atoms with van der Waals surface area (Å²) in [4.78, 5) is 4.24. The number of halogens is 3. The zero-order chi connectivity index (χ0) is 14.9. The lowest BCUT2D eigenvalue weighted by atomic mass is 9.97. The number of hydrogen-bond donors (Lipinski definition) is 0. The van der Waals surface area contributed by atoms with Gasteiger partial charge in [-0.3, -0.25) is 4.99 Å². The first-order valence-corrected chi connectivity index (χ1v) is 6.50. The molecule has 0 radical (unpaired) electrons. The van der Waals surface area contributed by atoms with Crippen molar-refractivity contribution >= 4 is 6.21 Å². The molecule has 0 unspecified atom stereocenters. The van der Waals surface area contributed by atoms with E-state index in [1.165, 1.54) is 17.7 Å². The van der Waals surface area contributed by atoms with Crippen molar-refractivity contribution in [2.24, 2.45) is 4.99 Å². The van der Waals surface area contributed by atoms with Crippen LogP contribution in [-0.2, 0) is 6.42 Å². The number of hydrogen-bond acceptors (Lipinski definition) is 2. The molecule has 108 valence electrons. The summed E-state index contributed by atoms with van der Waals surface area (Å²) >= 11 is 0. The molecule has 0 aromatic heterocycles. The van der Waals surface area contributed by atoms with Crippen LogP contribution in [0.5, 0.6) is 5.75 Å². The molecule has 0 fully saturated rings. The fraction of sp³-hybridized carbons (Fsp3) is 0.188. The lowest BCUT2D eigenvalue weighted by Crippen LogP contribution is -2.16. The fourth-order valence-electron chi connectivity index (χ4n) is 2.32. The molecule has 21 heavy (non-hydrogen) atoms. The summed E-state index contributed by atoms with van der Waals surface area (Å²) in [5.74, 6) is -0.217. The molecule has 0 saturated heterocycles. The summed E-state index contributed by atoms with van der Waals surface area (Å²) in [7, 11) is 0. The van der Waals surface area contributed by atoms with Gasteiger partial charge in [-0.2, -0.15) is 0 Å². The van der Waals surface area contributed by atoms with E-state index in [1.54, 1.807) is 12.1 Å². The monoisotopic (exact) mass is 291 g/mol. The highest BCUT2D eigenvalue weighted by Gasteiger charge is 2.30. The molecule has 1 aliphatic heterocycles. The molecule has 5 heteroatoms. The Morgan fingerprint density at radius 2 is 1.67 bits per heavy atom. The van der Waals surface area contributed by atoms with Gasteiger partial charge in [0, 0.05) is 12.8 Å². The molecule has 0 bridgehead atoms. The van der Waals surface area contributed by atoms with Crippen LogP contribution in [0.1, 0.15) is 11.1 Å². The maximum absolute atomic E-state index is 12.1. The van der Waals surface area contributed by atoms with Crippen molar-refractivity contribution in [2.75, 3.05) is 6.54 Å². The van der Waals surface area contributed by atoms with Gasteiger partial charge in [0.05, 0.1) is 0 Å². The van der Waals surface area contributed by atoms with Crippen molar-refractivity contribution in [3.8, 4) is 16.9 Å². The number of alkyl halides is 3. The van der Waals surface area contributed by atoms with Gasteiger partial charge in [-0.05, 0) is 46.9 Å².